The molecule has 0 aliphatic heterocycles. The second kappa shape index (κ2) is 8.47. The number of hydrogen-bond donors (Lipinski definition) is 2. The fourth-order valence-corrected chi connectivity index (χ4v) is 2.97. The summed E-state index contributed by atoms with van der Waals surface area (Å²) in [5.74, 6) is -0.469. The van der Waals surface area contributed by atoms with Gasteiger partial charge in [-0.3, -0.25) is 19.0 Å². The normalized spacial score (nSPS) is 10.6. The van der Waals surface area contributed by atoms with Crippen LogP contribution in [0.5, 0.6) is 0 Å². The number of benzene rings is 2. The van der Waals surface area contributed by atoms with Crippen molar-refractivity contribution in [2.45, 2.75) is 26.3 Å². The van der Waals surface area contributed by atoms with Gasteiger partial charge in [-0.05, 0) is 30.7 Å². The van der Waals surface area contributed by atoms with E-state index in [1.165, 1.54) is 4.57 Å². The fourth-order valence-electron chi connectivity index (χ4n) is 2.97. The van der Waals surface area contributed by atoms with E-state index in [1.807, 2.05) is 37.3 Å². The maximum Gasteiger partial charge on any atom is 0.273 e. The van der Waals surface area contributed by atoms with E-state index in [9.17, 15) is 14.4 Å². The lowest BCUT2D eigenvalue weighted by Gasteiger charge is -2.13. The molecule has 0 aliphatic carbocycles. The van der Waals surface area contributed by atoms with Gasteiger partial charge < -0.3 is 10.6 Å². The van der Waals surface area contributed by atoms with E-state index in [0.717, 1.165) is 5.56 Å². The second-order valence-electron chi connectivity index (χ2n) is 6.47. The Balaban J connectivity index is 1.93. The molecule has 0 unspecified atom stereocenters. The molecule has 1 aromatic heterocycles. The molecular weight excluding hydrogens is 356 g/mol. The Bertz CT molecular complexity index is 1090. The molecule has 3 rings (SSSR count). The van der Waals surface area contributed by atoms with Crippen LogP contribution < -0.4 is 16.2 Å². The van der Waals surface area contributed by atoms with Crippen LogP contribution in [0.2, 0.25) is 0 Å². The zero-order valence-electron chi connectivity index (χ0n) is 15.9. The fraction of sp³-hybridized carbons (Fsp3) is 0.238. The molecule has 7 nitrogen and oxygen atoms in total. The second-order valence-corrected chi connectivity index (χ2v) is 6.47. The standard InChI is InChI=1S/C21H22N4O3/c1-14-7-3-4-8-15(14)24-20(27)13-25-18-10-6-5-9-16(18)23-17(21(25)28)11-12-19(26)22-2/h3-10H,11-13H2,1-2H3,(H,22,26)(H,24,27). The summed E-state index contributed by atoms with van der Waals surface area (Å²) < 4.78 is 1.41. The molecule has 0 saturated heterocycles. The predicted octanol–water partition coefficient (Wildman–Crippen LogP) is 2.02. The molecule has 0 atom stereocenters. The molecule has 0 bridgehead atoms. The highest BCUT2D eigenvalue weighted by atomic mass is 16.2. The molecule has 0 radical (unpaired) electrons. The van der Waals surface area contributed by atoms with Crippen molar-refractivity contribution in [3.63, 3.8) is 0 Å². The van der Waals surface area contributed by atoms with Crippen molar-refractivity contribution in [3.8, 4) is 0 Å². The van der Waals surface area contributed by atoms with E-state index in [-0.39, 0.29) is 42.5 Å². The van der Waals surface area contributed by atoms with Crippen LogP contribution >= 0.6 is 0 Å². The number of nitrogens with one attached hydrogen (secondary N) is 2. The highest BCUT2D eigenvalue weighted by Gasteiger charge is 2.15. The number of rotatable bonds is 6. The average molecular weight is 378 g/mol. The van der Waals surface area contributed by atoms with Gasteiger partial charge in [-0.15, -0.1) is 0 Å². The highest BCUT2D eigenvalue weighted by Crippen LogP contribution is 2.14. The molecule has 0 spiro atoms. The van der Waals surface area contributed by atoms with Crippen LogP contribution in [0.3, 0.4) is 0 Å². The third-order valence-electron chi connectivity index (χ3n) is 4.51. The topological polar surface area (TPSA) is 93.1 Å². The smallest absolute Gasteiger partial charge is 0.273 e. The molecule has 0 fully saturated rings. The molecule has 7 heteroatoms. The van der Waals surface area contributed by atoms with Crippen LogP contribution in [0.4, 0.5) is 5.69 Å². The molecule has 0 saturated carbocycles. The monoisotopic (exact) mass is 378 g/mol. The third-order valence-corrected chi connectivity index (χ3v) is 4.51. The zero-order valence-corrected chi connectivity index (χ0v) is 15.9. The molecule has 2 N–H and O–H groups in total. The van der Waals surface area contributed by atoms with E-state index in [2.05, 4.69) is 15.6 Å². The van der Waals surface area contributed by atoms with Crippen LogP contribution in [0.1, 0.15) is 17.7 Å². The Morgan fingerprint density at radius 1 is 1.04 bits per heavy atom. The minimum absolute atomic E-state index is 0.136. The van der Waals surface area contributed by atoms with Gasteiger partial charge in [0.05, 0.1) is 11.0 Å². The average Bonchev–Trinajstić information content (AvgIpc) is 2.70. The first-order valence-corrected chi connectivity index (χ1v) is 9.04. The minimum Gasteiger partial charge on any atom is -0.359 e. The van der Waals surface area contributed by atoms with Crippen molar-refractivity contribution in [2.24, 2.45) is 0 Å². The number of para-hydroxylation sites is 3. The lowest BCUT2D eigenvalue weighted by Crippen LogP contribution is -2.31. The van der Waals surface area contributed by atoms with E-state index in [4.69, 9.17) is 0 Å². The van der Waals surface area contributed by atoms with Gasteiger partial charge >= 0.3 is 0 Å². The highest BCUT2D eigenvalue weighted by molar-refractivity contribution is 5.92. The van der Waals surface area contributed by atoms with Gasteiger partial charge in [0.1, 0.15) is 12.2 Å². The van der Waals surface area contributed by atoms with Crippen LogP contribution in [-0.2, 0) is 22.6 Å². The van der Waals surface area contributed by atoms with Crippen molar-refractivity contribution in [3.05, 3.63) is 70.1 Å². The zero-order chi connectivity index (χ0) is 20.1. The third kappa shape index (κ3) is 4.25. The lowest BCUT2D eigenvalue weighted by molar-refractivity contribution is -0.120. The molecular formula is C21H22N4O3. The SMILES string of the molecule is CNC(=O)CCc1nc2ccccc2n(CC(=O)Nc2ccccc2C)c1=O. The summed E-state index contributed by atoms with van der Waals surface area (Å²) in [4.78, 5) is 41.5. The predicted molar refractivity (Wildman–Crippen MR) is 108 cm³/mol. The van der Waals surface area contributed by atoms with Gasteiger partial charge in [-0.1, -0.05) is 30.3 Å². The summed E-state index contributed by atoms with van der Waals surface area (Å²) in [6.07, 6.45) is 0.370. The van der Waals surface area contributed by atoms with E-state index in [1.54, 1.807) is 25.2 Å². The van der Waals surface area contributed by atoms with Gasteiger partial charge in [-0.2, -0.15) is 0 Å². The van der Waals surface area contributed by atoms with Crippen LogP contribution in [0.15, 0.2) is 53.3 Å². The maximum atomic E-state index is 12.9. The van der Waals surface area contributed by atoms with Gasteiger partial charge in [-0.25, -0.2) is 4.98 Å². The first-order chi connectivity index (χ1) is 13.5. The maximum absolute atomic E-state index is 12.9. The van der Waals surface area contributed by atoms with Crippen molar-refractivity contribution in [2.75, 3.05) is 12.4 Å². The summed E-state index contributed by atoms with van der Waals surface area (Å²) in [5.41, 5.74) is 2.75. The van der Waals surface area contributed by atoms with Crippen LogP contribution in [-0.4, -0.2) is 28.4 Å². The molecule has 2 amide bonds. The summed E-state index contributed by atoms with van der Waals surface area (Å²) in [5, 5.41) is 5.38. The van der Waals surface area contributed by atoms with E-state index < -0.39 is 0 Å². The largest absolute Gasteiger partial charge is 0.359 e. The Kier molecular flexibility index (Phi) is 5.84. The number of nitrogens with zero attached hydrogens (tertiary/aromatic N) is 2. The van der Waals surface area contributed by atoms with Crippen molar-refractivity contribution in [1.29, 1.82) is 0 Å². The van der Waals surface area contributed by atoms with Crippen LogP contribution in [0.25, 0.3) is 11.0 Å². The van der Waals surface area contributed by atoms with E-state index >= 15 is 0 Å². The summed E-state index contributed by atoms with van der Waals surface area (Å²) >= 11 is 0. The summed E-state index contributed by atoms with van der Waals surface area (Å²) in [6, 6.07) is 14.6. The number of anilines is 1. The number of hydrogen-bond acceptors (Lipinski definition) is 4. The molecule has 0 aliphatic rings. The Hall–Kier alpha value is -3.48. The van der Waals surface area contributed by atoms with E-state index in [0.29, 0.717) is 16.7 Å². The van der Waals surface area contributed by atoms with Crippen molar-refractivity contribution in [1.82, 2.24) is 14.9 Å². The molecule has 28 heavy (non-hydrogen) atoms. The number of carbonyl (C=O) groups is 2. The molecule has 3 aromatic rings. The summed E-state index contributed by atoms with van der Waals surface area (Å²) in [6.45, 7) is 1.77. The first-order valence-electron chi connectivity index (χ1n) is 9.04. The van der Waals surface area contributed by atoms with Crippen molar-refractivity contribution >= 4 is 28.5 Å². The number of fused-ring (bicyclic) bond motifs is 1. The Morgan fingerprint density at radius 3 is 2.50 bits per heavy atom. The molecule has 144 valence electrons. The number of carbonyl (C=O) groups excluding carboxylic acids is 2. The molecule has 1 heterocycles. The lowest BCUT2D eigenvalue weighted by atomic mass is 10.2. The summed E-state index contributed by atoms with van der Waals surface area (Å²) in [7, 11) is 1.55. The van der Waals surface area contributed by atoms with Gasteiger partial charge in [0.15, 0.2) is 0 Å². The first kappa shape index (κ1) is 19.3. The Morgan fingerprint density at radius 2 is 1.75 bits per heavy atom. The number of aryl methyl sites for hydroxylation is 2. The van der Waals surface area contributed by atoms with Gasteiger partial charge in [0.25, 0.3) is 5.56 Å². The molecule has 2 aromatic carbocycles. The number of amides is 2. The van der Waals surface area contributed by atoms with Gasteiger partial charge in [0.2, 0.25) is 11.8 Å². The van der Waals surface area contributed by atoms with Gasteiger partial charge in [0, 0.05) is 25.6 Å². The Labute approximate surface area is 162 Å². The minimum atomic E-state index is -0.359. The van der Waals surface area contributed by atoms with Crippen LogP contribution in [0, 0.1) is 6.92 Å². The van der Waals surface area contributed by atoms with Crippen molar-refractivity contribution < 1.29 is 9.59 Å². The number of aromatic nitrogens is 2. The quantitative estimate of drug-likeness (QED) is 0.686.